The van der Waals surface area contributed by atoms with E-state index in [4.69, 9.17) is 9.40 Å². The van der Waals surface area contributed by atoms with E-state index in [1.54, 1.807) is 6.26 Å². The van der Waals surface area contributed by atoms with Crippen molar-refractivity contribution in [3.05, 3.63) is 85.1 Å². The summed E-state index contributed by atoms with van der Waals surface area (Å²) in [6.45, 7) is 3.05. The van der Waals surface area contributed by atoms with Crippen molar-refractivity contribution < 1.29 is 4.42 Å². The maximum absolute atomic E-state index is 5.81. The maximum Gasteiger partial charge on any atom is 0.152 e. The number of aromatic nitrogens is 3. The zero-order valence-corrected chi connectivity index (χ0v) is 16.3. The predicted molar refractivity (Wildman–Crippen MR) is 113 cm³/mol. The van der Waals surface area contributed by atoms with E-state index >= 15 is 0 Å². The fourth-order valence-corrected chi connectivity index (χ4v) is 4.24. The molecule has 1 fully saturated rings. The number of imidazole rings is 1. The fourth-order valence-electron chi connectivity index (χ4n) is 4.24. The van der Waals surface area contributed by atoms with Gasteiger partial charge in [-0.2, -0.15) is 0 Å². The van der Waals surface area contributed by atoms with Crippen LogP contribution in [0.15, 0.2) is 84.0 Å². The van der Waals surface area contributed by atoms with E-state index in [1.165, 1.54) is 18.4 Å². The van der Waals surface area contributed by atoms with Gasteiger partial charge in [-0.1, -0.05) is 36.4 Å². The lowest BCUT2D eigenvalue weighted by Gasteiger charge is -2.28. The highest BCUT2D eigenvalue weighted by atomic mass is 16.3. The first-order valence-corrected chi connectivity index (χ1v) is 10.2. The molecule has 4 heterocycles. The van der Waals surface area contributed by atoms with Gasteiger partial charge < -0.3 is 8.98 Å². The topological polar surface area (TPSA) is 47.1 Å². The minimum absolute atomic E-state index is 0.262. The molecule has 4 aromatic rings. The van der Waals surface area contributed by atoms with Gasteiger partial charge in [0.25, 0.3) is 0 Å². The van der Waals surface area contributed by atoms with E-state index in [0.717, 1.165) is 42.3 Å². The number of hydrogen-bond acceptors (Lipinski definition) is 4. The molecular weight excluding hydrogens is 360 g/mol. The molecule has 29 heavy (non-hydrogen) atoms. The second kappa shape index (κ2) is 8.05. The lowest BCUT2D eigenvalue weighted by atomic mass is 10.1. The summed E-state index contributed by atoms with van der Waals surface area (Å²) in [5.41, 5.74) is 4.31. The Morgan fingerprint density at radius 1 is 0.966 bits per heavy atom. The van der Waals surface area contributed by atoms with Crippen molar-refractivity contribution in [2.75, 3.05) is 13.1 Å². The van der Waals surface area contributed by atoms with Crippen LogP contribution >= 0.6 is 0 Å². The molecule has 1 unspecified atom stereocenters. The third-order valence-electron chi connectivity index (χ3n) is 5.66. The Morgan fingerprint density at radius 2 is 1.83 bits per heavy atom. The van der Waals surface area contributed by atoms with Gasteiger partial charge in [0, 0.05) is 24.5 Å². The van der Waals surface area contributed by atoms with Gasteiger partial charge in [0.05, 0.1) is 24.3 Å². The Balaban J connectivity index is 1.57. The van der Waals surface area contributed by atoms with E-state index in [0.29, 0.717) is 0 Å². The van der Waals surface area contributed by atoms with Crippen molar-refractivity contribution in [2.24, 2.45) is 0 Å². The van der Waals surface area contributed by atoms with E-state index < -0.39 is 0 Å². The van der Waals surface area contributed by atoms with Crippen LogP contribution in [0.1, 0.15) is 24.4 Å². The van der Waals surface area contributed by atoms with Crippen LogP contribution in [0.25, 0.3) is 22.7 Å². The van der Waals surface area contributed by atoms with Crippen LogP contribution < -0.4 is 0 Å². The zero-order valence-electron chi connectivity index (χ0n) is 16.3. The molecule has 1 aliphatic heterocycles. The number of pyridine rings is 1. The molecule has 3 aromatic heterocycles. The van der Waals surface area contributed by atoms with Crippen LogP contribution in [0.4, 0.5) is 0 Å². The largest absolute Gasteiger partial charge is 0.463 e. The van der Waals surface area contributed by atoms with Crippen LogP contribution in [0.5, 0.6) is 0 Å². The highest BCUT2D eigenvalue weighted by Crippen LogP contribution is 2.34. The van der Waals surface area contributed by atoms with Crippen LogP contribution in [0.2, 0.25) is 0 Å². The maximum atomic E-state index is 5.81. The quantitative estimate of drug-likeness (QED) is 0.467. The standard InChI is InChI=1S/C24H24N4O/c1-2-8-19(9-3-1)23-24(22-11-7-15-29-22)28(18-26-23)17-21(27-13-4-5-14-27)20-10-6-12-25-16-20/h1-3,6-12,15-16,18,21H,4-5,13-14,17H2. The summed E-state index contributed by atoms with van der Waals surface area (Å²) in [5.74, 6) is 0.840. The molecule has 0 saturated carbocycles. The number of furan rings is 1. The zero-order chi connectivity index (χ0) is 19.5. The molecule has 5 nitrogen and oxygen atoms in total. The normalized spacial score (nSPS) is 15.6. The van der Waals surface area contributed by atoms with Gasteiger partial charge in [-0.3, -0.25) is 9.88 Å². The van der Waals surface area contributed by atoms with Crippen LogP contribution in [0, 0.1) is 0 Å². The van der Waals surface area contributed by atoms with Gasteiger partial charge in [0.15, 0.2) is 5.76 Å². The van der Waals surface area contributed by atoms with Crippen LogP contribution in [0.3, 0.4) is 0 Å². The van der Waals surface area contributed by atoms with Crippen molar-refractivity contribution in [3.63, 3.8) is 0 Å². The summed E-state index contributed by atoms with van der Waals surface area (Å²) >= 11 is 0. The fraction of sp³-hybridized carbons (Fsp3) is 0.250. The number of hydrogen-bond donors (Lipinski definition) is 0. The number of rotatable bonds is 6. The molecule has 5 rings (SSSR count). The van der Waals surface area contributed by atoms with Crippen molar-refractivity contribution in [3.8, 4) is 22.7 Å². The van der Waals surface area contributed by atoms with Crippen LogP contribution in [-0.4, -0.2) is 32.5 Å². The highest BCUT2D eigenvalue weighted by Gasteiger charge is 2.26. The summed E-state index contributed by atoms with van der Waals surface area (Å²) < 4.78 is 8.04. The molecule has 0 N–H and O–H groups in total. The van der Waals surface area contributed by atoms with Gasteiger partial charge in [0.1, 0.15) is 5.69 Å². The first-order chi connectivity index (χ1) is 14.4. The van der Waals surface area contributed by atoms with Crippen molar-refractivity contribution in [1.29, 1.82) is 0 Å². The van der Waals surface area contributed by atoms with Crippen LogP contribution in [-0.2, 0) is 6.54 Å². The third-order valence-corrected chi connectivity index (χ3v) is 5.66. The summed E-state index contributed by atoms with van der Waals surface area (Å²) in [5, 5.41) is 0. The van der Waals surface area contributed by atoms with Gasteiger partial charge in [-0.05, 0) is 49.7 Å². The molecule has 0 aliphatic carbocycles. The SMILES string of the molecule is c1ccc(-c2ncn(CC(c3cccnc3)N3CCCC3)c2-c2ccco2)cc1. The predicted octanol–water partition coefficient (Wildman–Crippen LogP) is 5.04. The smallest absolute Gasteiger partial charge is 0.152 e. The summed E-state index contributed by atoms with van der Waals surface area (Å²) in [7, 11) is 0. The number of nitrogens with zero attached hydrogens (tertiary/aromatic N) is 4. The Kier molecular flexibility index (Phi) is 4.97. The molecule has 1 aliphatic rings. The number of benzene rings is 1. The van der Waals surface area contributed by atoms with E-state index in [2.05, 4.69) is 32.7 Å². The first-order valence-electron chi connectivity index (χ1n) is 10.2. The van der Waals surface area contributed by atoms with E-state index in [9.17, 15) is 0 Å². The molecule has 0 radical (unpaired) electrons. The molecule has 146 valence electrons. The lowest BCUT2D eigenvalue weighted by Crippen LogP contribution is -2.29. The van der Waals surface area contributed by atoms with Crippen molar-refractivity contribution >= 4 is 0 Å². The average molecular weight is 384 g/mol. The molecule has 0 bridgehead atoms. The Labute approximate surface area is 170 Å². The first kappa shape index (κ1) is 17.9. The summed E-state index contributed by atoms with van der Waals surface area (Å²) in [6, 6.07) is 18.7. The van der Waals surface area contributed by atoms with Gasteiger partial charge >= 0.3 is 0 Å². The molecule has 5 heteroatoms. The molecule has 1 aromatic carbocycles. The van der Waals surface area contributed by atoms with Gasteiger partial charge in [-0.15, -0.1) is 0 Å². The average Bonchev–Trinajstić information content (AvgIpc) is 3.55. The third kappa shape index (κ3) is 3.61. The Hall–Kier alpha value is -3.18. The van der Waals surface area contributed by atoms with Crippen molar-refractivity contribution in [2.45, 2.75) is 25.4 Å². The Morgan fingerprint density at radius 3 is 2.55 bits per heavy atom. The van der Waals surface area contributed by atoms with Crippen molar-refractivity contribution in [1.82, 2.24) is 19.4 Å². The molecular formula is C24H24N4O. The monoisotopic (exact) mass is 384 g/mol. The van der Waals surface area contributed by atoms with E-state index in [1.807, 2.05) is 55.1 Å². The molecule has 0 amide bonds. The summed E-state index contributed by atoms with van der Waals surface area (Å²) in [6.07, 6.45) is 10.00. The van der Waals surface area contributed by atoms with Gasteiger partial charge in [-0.25, -0.2) is 4.98 Å². The minimum Gasteiger partial charge on any atom is -0.463 e. The summed E-state index contributed by atoms with van der Waals surface area (Å²) in [4.78, 5) is 11.7. The van der Waals surface area contributed by atoms with Gasteiger partial charge in [0.2, 0.25) is 0 Å². The minimum atomic E-state index is 0.262. The van der Waals surface area contributed by atoms with E-state index in [-0.39, 0.29) is 6.04 Å². The Bertz CT molecular complexity index is 1040. The molecule has 1 saturated heterocycles. The number of likely N-dealkylation sites (tertiary alicyclic amines) is 1. The highest BCUT2D eigenvalue weighted by molar-refractivity contribution is 5.76. The second-order valence-corrected chi connectivity index (χ2v) is 7.48. The molecule has 1 atom stereocenters. The lowest BCUT2D eigenvalue weighted by molar-refractivity contribution is 0.222. The molecule has 0 spiro atoms. The second-order valence-electron chi connectivity index (χ2n) is 7.48.